The summed E-state index contributed by atoms with van der Waals surface area (Å²) in [5.41, 5.74) is 3.31. The van der Waals surface area contributed by atoms with Crippen molar-refractivity contribution in [1.82, 2.24) is 0 Å². The molecular weight excluding hydrogens is 290 g/mol. The van der Waals surface area contributed by atoms with Gasteiger partial charge in [-0.1, -0.05) is 36.4 Å². The third-order valence-corrected chi connectivity index (χ3v) is 3.94. The Balaban J connectivity index is 1.82. The first-order chi connectivity index (χ1) is 11.1. The number of fused-ring (bicyclic) bond motifs is 1. The van der Waals surface area contributed by atoms with Gasteiger partial charge in [-0.3, -0.25) is 9.59 Å². The number of hydrogen-bond donors (Lipinski definition) is 1. The Hall–Kier alpha value is -2.88. The zero-order valence-corrected chi connectivity index (χ0v) is 13.1. The van der Waals surface area contributed by atoms with Gasteiger partial charge in [0.25, 0.3) is 5.91 Å². The van der Waals surface area contributed by atoms with Gasteiger partial charge in [0, 0.05) is 17.3 Å². The number of allylic oxidation sites excluding steroid dienone is 1. The summed E-state index contributed by atoms with van der Waals surface area (Å²) in [6.45, 7) is 1.93. The summed E-state index contributed by atoms with van der Waals surface area (Å²) < 4.78 is 5.25. The smallest absolute Gasteiger partial charge is 0.259 e. The molecule has 0 radical (unpaired) electrons. The monoisotopic (exact) mass is 307 g/mol. The topological polar surface area (TPSA) is 55.4 Å². The SMILES string of the molecule is COc1cc(NC(=O)C2=CCc3ccccc3C2=O)ccc1C. The lowest BCUT2D eigenvalue weighted by Crippen LogP contribution is -2.24. The van der Waals surface area contributed by atoms with Crippen LogP contribution in [0.4, 0.5) is 5.69 Å². The molecule has 0 fully saturated rings. The van der Waals surface area contributed by atoms with Crippen LogP contribution in [0.3, 0.4) is 0 Å². The molecular formula is C19H17NO3. The maximum absolute atomic E-state index is 12.5. The van der Waals surface area contributed by atoms with Gasteiger partial charge in [-0.05, 0) is 30.5 Å². The number of benzene rings is 2. The summed E-state index contributed by atoms with van der Waals surface area (Å²) in [5, 5.41) is 2.77. The first kappa shape index (κ1) is 15.0. The second-order valence-electron chi connectivity index (χ2n) is 5.45. The van der Waals surface area contributed by atoms with Gasteiger partial charge in [0.1, 0.15) is 5.75 Å². The minimum absolute atomic E-state index is 0.184. The van der Waals surface area contributed by atoms with Crippen LogP contribution < -0.4 is 10.1 Å². The van der Waals surface area contributed by atoms with Gasteiger partial charge in [-0.2, -0.15) is 0 Å². The van der Waals surface area contributed by atoms with Crippen molar-refractivity contribution >= 4 is 17.4 Å². The van der Waals surface area contributed by atoms with Crippen molar-refractivity contribution in [2.45, 2.75) is 13.3 Å². The highest BCUT2D eigenvalue weighted by Crippen LogP contribution is 2.25. The van der Waals surface area contributed by atoms with E-state index in [0.29, 0.717) is 23.4 Å². The van der Waals surface area contributed by atoms with E-state index >= 15 is 0 Å². The normalized spacial score (nSPS) is 13.1. The fourth-order valence-corrected chi connectivity index (χ4v) is 2.66. The maximum atomic E-state index is 12.5. The molecule has 1 amide bonds. The van der Waals surface area contributed by atoms with Crippen LogP contribution in [0.25, 0.3) is 0 Å². The second-order valence-corrected chi connectivity index (χ2v) is 5.45. The average molecular weight is 307 g/mol. The molecule has 4 heteroatoms. The standard InChI is InChI=1S/C19H17NO3/c1-12-7-9-14(11-17(12)23-2)20-19(22)16-10-8-13-5-3-4-6-15(13)18(16)21/h3-7,9-11H,8H2,1-2H3,(H,20,22). The van der Waals surface area contributed by atoms with E-state index in [1.807, 2.05) is 31.2 Å². The lowest BCUT2D eigenvalue weighted by molar-refractivity contribution is -0.112. The molecule has 0 aromatic heterocycles. The summed E-state index contributed by atoms with van der Waals surface area (Å²) in [5.74, 6) is 0.0657. The zero-order valence-electron chi connectivity index (χ0n) is 13.1. The Morgan fingerprint density at radius 3 is 2.74 bits per heavy atom. The van der Waals surface area contributed by atoms with E-state index in [1.165, 1.54) is 0 Å². The molecule has 1 N–H and O–H groups in total. The van der Waals surface area contributed by atoms with Crippen LogP contribution in [0.1, 0.15) is 21.5 Å². The Kier molecular flexibility index (Phi) is 3.98. The van der Waals surface area contributed by atoms with Gasteiger partial charge in [0.15, 0.2) is 5.78 Å². The third-order valence-electron chi connectivity index (χ3n) is 3.94. The van der Waals surface area contributed by atoms with E-state index in [1.54, 1.807) is 31.4 Å². The van der Waals surface area contributed by atoms with Crippen molar-refractivity contribution in [1.29, 1.82) is 0 Å². The Morgan fingerprint density at radius 1 is 1.17 bits per heavy atom. The molecule has 0 atom stereocenters. The van der Waals surface area contributed by atoms with Gasteiger partial charge in [0.2, 0.25) is 0 Å². The second kappa shape index (κ2) is 6.08. The number of nitrogens with one attached hydrogen (secondary N) is 1. The summed E-state index contributed by atoms with van der Waals surface area (Å²) in [4.78, 5) is 24.9. The van der Waals surface area contributed by atoms with E-state index in [-0.39, 0.29) is 11.4 Å². The molecule has 116 valence electrons. The zero-order chi connectivity index (χ0) is 16.4. The summed E-state index contributed by atoms with van der Waals surface area (Å²) in [6.07, 6.45) is 2.27. The van der Waals surface area contributed by atoms with Crippen molar-refractivity contribution in [3.05, 3.63) is 70.8 Å². The molecule has 0 heterocycles. The van der Waals surface area contributed by atoms with Gasteiger partial charge in [-0.25, -0.2) is 0 Å². The Labute approximate surface area is 134 Å². The van der Waals surface area contributed by atoms with E-state index in [4.69, 9.17) is 4.74 Å². The number of ketones is 1. The van der Waals surface area contributed by atoms with Crippen LogP contribution in [-0.2, 0) is 11.2 Å². The first-order valence-electron chi connectivity index (χ1n) is 7.39. The number of amides is 1. The summed E-state index contributed by atoms with van der Waals surface area (Å²) in [7, 11) is 1.58. The molecule has 0 unspecified atom stereocenters. The Morgan fingerprint density at radius 2 is 1.96 bits per heavy atom. The number of carbonyl (C=O) groups excluding carboxylic acids is 2. The number of methoxy groups -OCH3 is 1. The molecule has 0 saturated carbocycles. The average Bonchev–Trinajstić information content (AvgIpc) is 2.57. The molecule has 2 aromatic carbocycles. The van der Waals surface area contributed by atoms with E-state index in [0.717, 1.165) is 11.1 Å². The number of Topliss-reactive ketones (excluding diaryl/α,β-unsaturated/α-hetero) is 1. The molecule has 0 aliphatic heterocycles. The number of rotatable bonds is 3. The van der Waals surface area contributed by atoms with Crippen molar-refractivity contribution < 1.29 is 14.3 Å². The van der Waals surface area contributed by atoms with E-state index < -0.39 is 5.91 Å². The van der Waals surface area contributed by atoms with Crippen molar-refractivity contribution in [3.8, 4) is 5.75 Å². The third kappa shape index (κ3) is 2.88. The van der Waals surface area contributed by atoms with Gasteiger partial charge < -0.3 is 10.1 Å². The number of anilines is 1. The molecule has 3 rings (SSSR count). The molecule has 1 aliphatic carbocycles. The lowest BCUT2D eigenvalue weighted by atomic mass is 9.90. The highest BCUT2D eigenvalue weighted by atomic mass is 16.5. The molecule has 0 bridgehead atoms. The Bertz CT molecular complexity index is 821. The highest BCUT2D eigenvalue weighted by Gasteiger charge is 2.25. The van der Waals surface area contributed by atoms with Crippen LogP contribution in [-0.4, -0.2) is 18.8 Å². The number of ether oxygens (including phenoxy) is 1. The van der Waals surface area contributed by atoms with Crippen LogP contribution in [0.15, 0.2) is 54.1 Å². The summed E-state index contributed by atoms with van der Waals surface area (Å²) in [6, 6.07) is 12.8. The molecule has 2 aromatic rings. The molecule has 23 heavy (non-hydrogen) atoms. The largest absolute Gasteiger partial charge is 0.496 e. The fraction of sp³-hybridized carbons (Fsp3) is 0.158. The van der Waals surface area contributed by atoms with Crippen molar-refractivity contribution in [2.75, 3.05) is 12.4 Å². The van der Waals surface area contributed by atoms with Crippen molar-refractivity contribution in [3.63, 3.8) is 0 Å². The van der Waals surface area contributed by atoms with Gasteiger partial charge in [-0.15, -0.1) is 0 Å². The first-order valence-corrected chi connectivity index (χ1v) is 7.39. The van der Waals surface area contributed by atoms with E-state index in [2.05, 4.69) is 5.32 Å². The molecule has 1 aliphatic rings. The highest BCUT2D eigenvalue weighted by molar-refractivity contribution is 6.29. The molecule has 0 spiro atoms. The van der Waals surface area contributed by atoms with E-state index in [9.17, 15) is 9.59 Å². The van der Waals surface area contributed by atoms with Gasteiger partial charge in [0.05, 0.1) is 12.7 Å². The van der Waals surface area contributed by atoms with Crippen LogP contribution in [0.2, 0.25) is 0 Å². The predicted octanol–water partition coefficient (Wildman–Crippen LogP) is 3.31. The molecule has 4 nitrogen and oxygen atoms in total. The van der Waals surface area contributed by atoms with Crippen LogP contribution in [0.5, 0.6) is 5.75 Å². The van der Waals surface area contributed by atoms with Gasteiger partial charge >= 0.3 is 0 Å². The maximum Gasteiger partial charge on any atom is 0.259 e. The number of hydrogen-bond acceptors (Lipinski definition) is 3. The lowest BCUT2D eigenvalue weighted by Gasteiger charge is -2.16. The quantitative estimate of drug-likeness (QED) is 0.885. The number of aryl methyl sites for hydroxylation is 1. The van der Waals surface area contributed by atoms with Crippen LogP contribution >= 0.6 is 0 Å². The minimum Gasteiger partial charge on any atom is -0.496 e. The van der Waals surface area contributed by atoms with Crippen LogP contribution in [0, 0.1) is 6.92 Å². The predicted molar refractivity (Wildman–Crippen MR) is 88.9 cm³/mol. The minimum atomic E-state index is -0.393. The summed E-state index contributed by atoms with van der Waals surface area (Å²) >= 11 is 0. The van der Waals surface area contributed by atoms with Crippen molar-refractivity contribution in [2.24, 2.45) is 0 Å². The molecule has 0 saturated heterocycles. The fourth-order valence-electron chi connectivity index (χ4n) is 2.66. The number of carbonyl (C=O) groups is 2.